The van der Waals surface area contributed by atoms with Crippen molar-refractivity contribution in [2.24, 2.45) is 0 Å². The van der Waals surface area contributed by atoms with Gasteiger partial charge < -0.3 is 9.13 Å². The van der Waals surface area contributed by atoms with Gasteiger partial charge in [-0.05, 0) is 95.6 Å². The monoisotopic (exact) mass is 826 g/mol. The Morgan fingerprint density at radius 1 is 0.297 bits per heavy atom. The van der Waals surface area contributed by atoms with E-state index in [2.05, 4.69) is 112 Å². The van der Waals surface area contributed by atoms with Crippen molar-refractivity contribution in [3.05, 3.63) is 230 Å². The van der Waals surface area contributed by atoms with Gasteiger partial charge in [0, 0.05) is 55.2 Å². The van der Waals surface area contributed by atoms with Crippen molar-refractivity contribution >= 4 is 43.6 Å². The highest BCUT2D eigenvalue weighted by atomic mass is 19.1. The van der Waals surface area contributed by atoms with Crippen LogP contribution in [0.25, 0.3) is 111 Å². The maximum absolute atomic E-state index is 16.5. The number of fused-ring (bicyclic) bond motifs is 6. The van der Waals surface area contributed by atoms with Gasteiger partial charge in [0.25, 0.3) is 0 Å². The van der Waals surface area contributed by atoms with Gasteiger partial charge in [0.15, 0.2) is 5.82 Å². The normalized spacial score (nSPS) is 11.6. The fourth-order valence-electron chi connectivity index (χ4n) is 9.27. The maximum Gasteiger partial charge on any atom is 0.160 e. The molecule has 0 radical (unpaired) electrons. The van der Waals surface area contributed by atoms with Gasteiger partial charge in [-0.1, -0.05) is 140 Å². The molecule has 0 unspecified atom stereocenters. The second-order valence-corrected chi connectivity index (χ2v) is 16.1. The van der Waals surface area contributed by atoms with Gasteiger partial charge in [0.2, 0.25) is 0 Å². The molecule has 4 nitrogen and oxygen atoms in total. The summed E-state index contributed by atoms with van der Waals surface area (Å²) in [6.07, 6.45) is 0. The van der Waals surface area contributed by atoms with Gasteiger partial charge in [-0.25, -0.2) is 18.7 Å². The van der Waals surface area contributed by atoms with E-state index in [1.54, 1.807) is 6.07 Å². The van der Waals surface area contributed by atoms with Crippen molar-refractivity contribution in [1.29, 1.82) is 0 Å². The summed E-state index contributed by atoms with van der Waals surface area (Å²) in [7, 11) is 0. The SMILES string of the molecule is Fc1cc(-c2cc(-c3ccccc3)nc(-c3ccccc3)n2)c(F)cc1-c1ccc2c(c1)c1ccccc1n2-c1cccc(-c2ccc3c(c2)c2ccccc2n3-c2ccccc2)c1. The smallest absolute Gasteiger partial charge is 0.160 e. The molecule has 0 aliphatic heterocycles. The zero-order valence-corrected chi connectivity index (χ0v) is 34.3. The molecule has 0 atom stereocenters. The van der Waals surface area contributed by atoms with Crippen LogP contribution in [0.1, 0.15) is 0 Å². The number of para-hydroxylation sites is 3. The van der Waals surface area contributed by atoms with Crippen LogP contribution < -0.4 is 0 Å². The molecule has 0 aliphatic rings. The number of hydrogen-bond acceptors (Lipinski definition) is 2. The first-order valence-electron chi connectivity index (χ1n) is 21.3. The van der Waals surface area contributed by atoms with Crippen LogP contribution in [-0.4, -0.2) is 19.1 Å². The number of rotatable bonds is 7. The van der Waals surface area contributed by atoms with Gasteiger partial charge >= 0.3 is 0 Å². The molecule has 64 heavy (non-hydrogen) atoms. The minimum atomic E-state index is -0.574. The lowest BCUT2D eigenvalue weighted by molar-refractivity contribution is 0.605. The molecule has 0 aliphatic carbocycles. The molecule has 302 valence electrons. The van der Waals surface area contributed by atoms with Crippen molar-refractivity contribution in [1.82, 2.24) is 19.1 Å². The Morgan fingerprint density at radius 3 is 1.45 bits per heavy atom. The molecule has 3 heterocycles. The van der Waals surface area contributed by atoms with Gasteiger partial charge in [0.1, 0.15) is 11.6 Å². The van der Waals surface area contributed by atoms with Gasteiger partial charge in [-0.3, -0.25) is 0 Å². The molecule has 3 aromatic heterocycles. The molecular formula is C58H36F2N4. The second kappa shape index (κ2) is 15.2. The molecule has 6 heteroatoms. The Kier molecular flexibility index (Phi) is 8.83. The fraction of sp³-hybridized carbons (Fsp3) is 0. The van der Waals surface area contributed by atoms with Crippen LogP contribution in [0.2, 0.25) is 0 Å². The van der Waals surface area contributed by atoms with Crippen molar-refractivity contribution in [3.8, 4) is 67.5 Å². The minimum Gasteiger partial charge on any atom is -0.309 e. The summed E-state index contributed by atoms with van der Waals surface area (Å²) in [5, 5.41) is 4.34. The third kappa shape index (κ3) is 6.26. The summed E-state index contributed by atoms with van der Waals surface area (Å²) in [4.78, 5) is 9.57. The van der Waals surface area contributed by atoms with E-state index < -0.39 is 11.6 Å². The third-order valence-electron chi connectivity index (χ3n) is 12.3. The Balaban J connectivity index is 0.942. The fourth-order valence-corrected chi connectivity index (χ4v) is 9.27. The van der Waals surface area contributed by atoms with E-state index in [0.29, 0.717) is 22.8 Å². The Hall–Kier alpha value is -8.48. The van der Waals surface area contributed by atoms with Crippen LogP contribution >= 0.6 is 0 Å². The van der Waals surface area contributed by atoms with Crippen LogP contribution in [0.5, 0.6) is 0 Å². The zero-order valence-electron chi connectivity index (χ0n) is 34.3. The molecule has 9 aromatic carbocycles. The Morgan fingerprint density at radius 2 is 0.766 bits per heavy atom. The van der Waals surface area contributed by atoms with E-state index >= 15 is 8.78 Å². The predicted octanol–water partition coefficient (Wildman–Crippen LogP) is 15.3. The summed E-state index contributed by atoms with van der Waals surface area (Å²) in [6.45, 7) is 0. The first-order valence-corrected chi connectivity index (χ1v) is 21.3. The van der Waals surface area contributed by atoms with Crippen LogP contribution in [0.4, 0.5) is 8.78 Å². The van der Waals surface area contributed by atoms with Crippen LogP contribution in [0.3, 0.4) is 0 Å². The van der Waals surface area contributed by atoms with E-state index in [-0.39, 0.29) is 11.1 Å². The molecule has 0 bridgehead atoms. The van der Waals surface area contributed by atoms with Gasteiger partial charge in [-0.15, -0.1) is 0 Å². The number of aromatic nitrogens is 4. The van der Waals surface area contributed by atoms with E-state index in [0.717, 1.165) is 61.0 Å². The topological polar surface area (TPSA) is 35.6 Å². The molecule has 0 amide bonds. The van der Waals surface area contributed by atoms with Crippen LogP contribution in [-0.2, 0) is 0 Å². The summed E-state index contributed by atoms with van der Waals surface area (Å²) in [5.74, 6) is -0.686. The molecule has 12 aromatic rings. The molecule has 0 fully saturated rings. The summed E-state index contributed by atoms with van der Waals surface area (Å²) < 4.78 is 37.5. The molecule has 12 rings (SSSR count). The standard InChI is InChI=1S/C58H36F2N4/c59-50-35-49(53-36-52(37-15-4-1-5-16-37)61-58(62-53)38-17-6-2-7-18-38)51(60)34-46(50)41-28-30-57-48(33-41)45-24-11-13-26-55(45)64(57)43-22-14-19-39(31-43)40-27-29-56-47(32-40)44-23-10-12-25-54(44)63(56)42-20-8-3-9-21-42/h1-36H. The zero-order chi connectivity index (χ0) is 42.7. The van der Waals surface area contributed by atoms with Crippen molar-refractivity contribution < 1.29 is 8.78 Å². The van der Waals surface area contributed by atoms with E-state index in [1.165, 1.54) is 28.4 Å². The molecule has 0 saturated heterocycles. The lowest BCUT2D eigenvalue weighted by atomic mass is 9.98. The lowest BCUT2D eigenvalue weighted by Crippen LogP contribution is -1.98. The van der Waals surface area contributed by atoms with Crippen molar-refractivity contribution in [2.45, 2.75) is 0 Å². The summed E-state index contributed by atoms with van der Waals surface area (Å²) in [6, 6.07) is 71.9. The first-order chi connectivity index (χ1) is 31.6. The molecule has 0 saturated carbocycles. The Bertz CT molecular complexity index is 3690. The number of halogens is 2. The first kappa shape index (κ1) is 37.3. The highest BCUT2D eigenvalue weighted by Gasteiger charge is 2.20. The lowest BCUT2D eigenvalue weighted by Gasteiger charge is -2.13. The van der Waals surface area contributed by atoms with E-state index in [4.69, 9.17) is 9.97 Å². The van der Waals surface area contributed by atoms with Crippen LogP contribution in [0, 0.1) is 11.6 Å². The Labute approximate surface area is 367 Å². The average molecular weight is 827 g/mol. The average Bonchev–Trinajstić information content (AvgIpc) is 3.87. The van der Waals surface area contributed by atoms with Crippen LogP contribution in [0.15, 0.2) is 218 Å². The van der Waals surface area contributed by atoms with Crippen molar-refractivity contribution in [3.63, 3.8) is 0 Å². The number of benzene rings is 9. The number of nitrogens with zero attached hydrogens (tertiary/aromatic N) is 4. The summed E-state index contributed by atoms with van der Waals surface area (Å²) >= 11 is 0. The van der Waals surface area contributed by atoms with Crippen molar-refractivity contribution in [2.75, 3.05) is 0 Å². The summed E-state index contributed by atoms with van der Waals surface area (Å²) in [5.41, 5.74) is 12.0. The maximum atomic E-state index is 16.5. The van der Waals surface area contributed by atoms with E-state index in [1.807, 2.05) is 97.1 Å². The molecule has 0 N–H and O–H groups in total. The minimum absolute atomic E-state index is 0.0664. The third-order valence-corrected chi connectivity index (χ3v) is 12.3. The highest BCUT2D eigenvalue weighted by molar-refractivity contribution is 6.12. The van der Waals surface area contributed by atoms with E-state index in [9.17, 15) is 0 Å². The quantitative estimate of drug-likeness (QED) is 0.160. The van der Waals surface area contributed by atoms with Gasteiger partial charge in [-0.2, -0.15) is 0 Å². The highest BCUT2D eigenvalue weighted by Crippen LogP contribution is 2.40. The second-order valence-electron chi connectivity index (χ2n) is 16.1. The predicted molar refractivity (Wildman–Crippen MR) is 258 cm³/mol. The molecule has 0 spiro atoms. The largest absolute Gasteiger partial charge is 0.309 e. The molecular weight excluding hydrogens is 791 g/mol. The van der Waals surface area contributed by atoms with Gasteiger partial charge in [0.05, 0.1) is 33.5 Å². The number of hydrogen-bond donors (Lipinski definition) is 0.